The standard InChI is InChI=1S/C22H28N2O5/c1-13-18(14(2)23(4)19(13)22(27)28-5)20(25)15(3)24(12-17-10-7-11-29-17)21(26)16-8-6-9-16/h7,10-11,15-16H,6,8-9,12H2,1-5H3/t15-/m0/s1. The Labute approximate surface area is 170 Å². The molecule has 1 aliphatic carbocycles. The highest BCUT2D eigenvalue weighted by molar-refractivity contribution is 6.06. The minimum atomic E-state index is -0.682. The van der Waals surface area contributed by atoms with Crippen molar-refractivity contribution in [2.75, 3.05) is 7.11 Å². The number of aromatic nitrogens is 1. The zero-order chi connectivity index (χ0) is 21.3. The van der Waals surface area contributed by atoms with Crippen molar-refractivity contribution < 1.29 is 23.5 Å². The number of ether oxygens (including phenoxy) is 1. The van der Waals surface area contributed by atoms with E-state index >= 15 is 0 Å². The molecule has 2 heterocycles. The quantitative estimate of drug-likeness (QED) is 0.525. The molecular formula is C22H28N2O5. The van der Waals surface area contributed by atoms with Crippen molar-refractivity contribution in [3.8, 4) is 0 Å². The van der Waals surface area contributed by atoms with Crippen molar-refractivity contribution in [2.45, 2.75) is 52.6 Å². The number of hydrogen-bond acceptors (Lipinski definition) is 5. The minimum absolute atomic E-state index is 0.0204. The fourth-order valence-corrected chi connectivity index (χ4v) is 3.94. The molecule has 3 rings (SSSR count). The molecule has 1 fully saturated rings. The molecule has 0 saturated heterocycles. The Hall–Kier alpha value is -2.83. The number of hydrogen-bond donors (Lipinski definition) is 0. The van der Waals surface area contributed by atoms with Crippen LogP contribution in [0.1, 0.15) is 64.1 Å². The largest absolute Gasteiger partial charge is 0.467 e. The Morgan fingerprint density at radius 2 is 2.00 bits per heavy atom. The predicted octanol–water partition coefficient (Wildman–Crippen LogP) is 3.42. The van der Waals surface area contributed by atoms with Crippen molar-refractivity contribution >= 4 is 17.7 Å². The van der Waals surface area contributed by atoms with Crippen LogP contribution in [0.3, 0.4) is 0 Å². The van der Waals surface area contributed by atoms with Crippen LogP contribution in [0.4, 0.5) is 0 Å². The van der Waals surface area contributed by atoms with Gasteiger partial charge in [-0.2, -0.15) is 0 Å². The lowest BCUT2D eigenvalue weighted by atomic mass is 9.83. The second-order valence-electron chi connectivity index (χ2n) is 7.70. The van der Waals surface area contributed by atoms with Gasteiger partial charge in [0.1, 0.15) is 11.5 Å². The van der Waals surface area contributed by atoms with Gasteiger partial charge in [0.15, 0.2) is 5.78 Å². The summed E-state index contributed by atoms with van der Waals surface area (Å²) in [5.74, 6) is -0.103. The molecule has 1 amide bonds. The maximum absolute atomic E-state index is 13.5. The van der Waals surface area contributed by atoms with Crippen LogP contribution in [0.25, 0.3) is 0 Å². The SMILES string of the molecule is COC(=O)c1c(C)c(C(=O)[C@H](C)N(Cc2ccco2)C(=O)C2CCC2)c(C)n1C. The third-order valence-electron chi connectivity index (χ3n) is 6.05. The monoisotopic (exact) mass is 400 g/mol. The molecule has 156 valence electrons. The number of Topliss-reactive ketones (excluding diaryl/α,β-unsaturated/α-hetero) is 1. The molecule has 7 heteroatoms. The topological polar surface area (TPSA) is 81.8 Å². The lowest BCUT2D eigenvalue weighted by Gasteiger charge is -2.34. The van der Waals surface area contributed by atoms with E-state index in [4.69, 9.17) is 9.15 Å². The first kappa shape index (κ1) is 20.9. The summed E-state index contributed by atoms with van der Waals surface area (Å²) in [6, 6.07) is 2.88. The molecule has 2 aromatic rings. The van der Waals surface area contributed by atoms with Crippen LogP contribution < -0.4 is 0 Å². The molecule has 0 aliphatic heterocycles. The predicted molar refractivity (Wildman–Crippen MR) is 107 cm³/mol. The minimum Gasteiger partial charge on any atom is -0.467 e. The number of esters is 1. The van der Waals surface area contributed by atoms with Gasteiger partial charge in [0.05, 0.1) is 26.0 Å². The molecule has 0 bridgehead atoms. The van der Waals surface area contributed by atoms with Gasteiger partial charge in [-0.15, -0.1) is 0 Å². The first-order valence-corrected chi connectivity index (χ1v) is 9.89. The summed E-state index contributed by atoms with van der Waals surface area (Å²) in [4.78, 5) is 40.3. The van der Waals surface area contributed by atoms with E-state index in [1.165, 1.54) is 7.11 Å². The van der Waals surface area contributed by atoms with Crippen molar-refractivity contribution in [3.05, 3.63) is 46.7 Å². The summed E-state index contributed by atoms with van der Waals surface area (Å²) in [5.41, 5.74) is 2.06. The van der Waals surface area contributed by atoms with E-state index in [0.717, 1.165) is 19.3 Å². The summed E-state index contributed by atoms with van der Waals surface area (Å²) in [5, 5.41) is 0. The molecule has 0 aromatic carbocycles. The second kappa shape index (κ2) is 8.27. The Morgan fingerprint density at radius 3 is 2.52 bits per heavy atom. The van der Waals surface area contributed by atoms with Crippen LogP contribution in [0.5, 0.6) is 0 Å². The van der Waals surface area contributed by atoms with Gasteiger partial charge in [-0.05, 0) is 51.3 Å². The van der Waals surface area contributed by atoms with E-state index in [1.807, 2.05) is 0 Å². The molecule has 1 saturated carbocycles. The Bertz CT molecular complexity index is 922. The number of ketones is 1. The Balaban J connectivity index is 1.95. The van der Waals surface area contributed by atoms with Crippen LogP contribution in [0.2, 0.25) is 0 Å². The first-order valence-electron chi connectivity index (χ1n) is 9.89. The molecule has 0 N–H and O–H groups in total. The molecule has 29 heavy (non-hydrogen) atoms. The average Bonchev–Trinajstić information content (AvgIpc) is 3.23. The van der Waals surface area contributed by atoms with Gasteiger partial charge < -0.3 is 18.6 Å². The van der Waals surface area contributed by atoms with Crippen molar-refractivity contribution in [2.24, 2.45) is 13.0 Å². The number of carbonyl (C=O) groups excluding carboxylic acids is 3. The number of amides is 1. The van der Waals surface area contributed by atoms with Gasteiger partial charge in [0, 0.05) is 24.2 Å². The lowest BCUT2D eigenvalue weighted by Crippen LogP contribution is -2.47. The van der Waals surface area contributed by atoms with E-state index in [2.05, 4.69) is 0 Å². The zero-order valence-corrected chi connectivity index (χ0v) is 17.7. The van der Waals surface area contributed by atoms with Gasteiger partial charge in [0.25, 0.3) is 0 Å². The van der Waals surface area contributed by atoms with E-state index in [9.17, 15) is 14.4 Å². The summed E-state index contributed by atoms with van der Waals surface area (Å²) in [6.45, 7) is 5.52. The van der Waals surface area contributed by atoms with Gasteiger partial charge in [0.2, 0.25) is 5.91 Å². The van der Waals surface area contributed by atoms with Gasteiger partial charge in [-0.1, -0.05) is 6.42 Å². The third kappa shape index (κ3) is 3.73. The number of furan rings is 1. The highest BCUT2D eigenvalue weighted by Crippen LogP contribution is 2.31. The van der Waals surface area contributed by atoms with E-state index in [-0.39, 0.29) is 24.2 Å². The maximum Gasteiger partial charge on any atom is 0.354 e. The third-order valence-corrected chi connectivity index (χ3v) is 6.05. The molecule has 0 radical (unpaired) electrons. The Morgan fingerprint density at radius 1 is 1.31 bits per heavy atom. The van der Waals surface area contributed by atoms with Crippen LogP contribution >= 0.6 is 0 Å². The van der Waals surface area contributed by atoms with E-state index in [0.29, 0.717) is 28.3 Å². The fraction of sp³-hybridized carbons (Fsp3) is 0.500. The van der Waals surface area contributed by atoms with Gasteiger partial charge in [-0.3, -0.25) is 9.59 Å². The van der Waals surface area contributed by atoms with Crippen molar-refractivity contribution in [1.29, 1.82) is 0 Å². The van der Waals surface area contributed by atoms with Gasteiger partial charge >= 0.3 is 5.97 Å². The maximum atomic E-state index is 13.5. The smallest absolute Gasteiger partial charge is 0.354 e. The summed E-state index contributed by atoms with van der Waals surface area (Å²) < 4.78 is 12.0. The van der Waals surface area contributed by atoms with E-state index in [1.54, 1.807) is 55.7 Å². The summed E-state index contributed by atoms with van der Waals surface area (Å²) in [6.07, 6.45) is 4.29. The second-order valence-corrected chi connectivity index (χ2v) is 7.70. The number of nitrogens with zero attached hydrogens (tertiary/aromatic N) is 2. The van der Waals surface area contributed by atoms with E-state index < -0.39 is 12.0 Å². The first-order chi connectivity index (χ1) is 13.8. The van der Waals surface area contributed by atoms with Crippen molar-refractivity contribution in [3.63, 3.8) is 0 Å². The molecule has 0 spiro atoms. The van der Waals surface area contributed by atoms with Crippen LogP contribution in [-0.2, 0) is 23.1 Å². The summed E-state index contributed by atoms with van der Waals surface area (Å²) in [7, 11) is 3.05. The highest BCUT2D eigenvalue weighted by atomic mass is 16.5. The van der Waals surface area contributed by atoms with Gasteiger partial charge in [-0.25, -0.2) is 4.79 Å². The molecule has 0 unspecified atom stereocenters. The highest BCUT2D eigenvalue weighted by Gasteiger charge is 2.36. The molecule has 7 nitrogen and oxygen atoms in total. The lowest BCUT2D eigenvalue weighted by molar-refractivity contribution is -0.140. The number of rotatable bonds is 7. The Kier molecular flexibility index (Phi) is 5.96. The van der Waals surface area contributed by atoms with Crippen LogP contribution in [0.15, 0.2) is 22.8 Å². The van der Waals surface area contributed by atoms with Crippen LogP contribution in [0, 0.1) is 19.8 Å². The fourth-order valence-electron chi connectivity index (χ4n) is 3.94. The molecular weight excluding hydrogens is 372 g/mol. The normalized spacial score (nSPS) is 14.9. The average molecular weight is 400 g/mol. The zero-order valence-electron chi connectivity index (χ0n) is 17.7. The molecule has 1 atom stereocenters. The number of carbonyl (C=O) groups is 3. The molecule has 1 aliphatic rings. The van der Waals surface area contributed by atoms with Crippen LogP contribution in [-0.4, -0.2) is 40.3 Å². The van der Waals surface area contributed by atoms with Crippen molar-refractivity contribution in [1.82, 2.24) is 9.47 Å². The summed E-state index contributed by atoms with van der Waals surface area (Å²) >= 11 is 0. The number of methoxy groups -OCH3 is 1. The molecule has 2 aromatic heterocycles.